The van der Waals surface area contributed by atoms with Crippen LogP contribution in [0.4, 0.5) is 24.5 Å². The molecule has 0 unspecified atom stereocenters. The monoisotopic (exact) mass is 445 g/mol. The van der Waals surface area contributed by atoms with Gasteiger partial charge in [0.2, 0.25) is 15.9 Å². The molecule has 2 aromatic rings. The molecule has 0 aliphatic heterocycles. The van der Waals surface area contributed by atoms with Crippen LogP contribution < -0.4 is 15.4 Å². The fraction of sp³-hybridized carbons (Fsp3) is 0.316. The van der Waals surface area contributed by atoms with Gasteiger partial charge in [-0.15, -0.1) is 0 Å². The summed E-state index contributed by atoms with van der Waals surface area (Å²) in [5.74, 6) is -0.327. The number of amides is 1. The Bertz CT molecular complexity index is 991. The number of ether oxygens (including phenoxy) is 1. The van der Waals surface area contributed by atoms with Crippen LogP contribution in [-0.4, -0.2) is 45.9 Å². The van der Waals surface area contributed by atoms with Gasteiger partial charge < -0.3 is 15.4 Å². The average Bonchev–Trinajstić information content (AvgIpc) is 2.67. The molecule has 0 aliphatic rings. The summed E-state index contributed by atoms with van der Waals surface area (Å²) in [5, 5.41) is 5.26. The molecule has 11 heteroatoms. The number of carbonyl (C=O) groups excluding carboxylic acids is 1. The first kappa shape index (κ1) is 23.5. The van der Waals surface area contributed by atoms with Crippen LogP contribution in [0.5, 0.6) is 5.75 Å². The molecule has 0 saturated heterocycles. The molecular weight excluding hydrogens is 423 g/mol. The number of hydrogen-bond acceptors (Lipinski definition) is 5. The van der Waals surface area contributed by atoms with Crippen LogP contribution in [0.1, 0.15) is 12.5 Å². The number of alkyl halides is 3. The maximum Gasteiger partial charge on any atom is 0.416 e. The summed E-state index contributed by atoms with van der Waals surface area (Å²) in [4.78, 5) is 12.0. The SMILES string of the molecule is CCOc1ccc(NCC(=O)Nc2ccc(C(F)(F)F)cc2)cc1S(=O)(=O)N(C)C. The molecule has 2 rings (SSSR count). The lowest BCUT2D eigenvalue weighted by molar-refractivity contribution is -0.137. The van der Waals surface area contributed by atoms with Crippen molar-refractivity contribution in [3.05, 3.63) is 48.0 Å². The van der Waals surface area contributed by atoms with E-state index >= 15 is 0 Å². The van der Waals surface area contributed by atoms with E-state index in [4.69, 9.17) is 4.74 Å². The van der Waals surface area contributed by atoms with Crippen molar-refractivity contribution in [1.29, 1.82) is 0 Å². The van der Waals surface area contributed by atoms with Crippen LogP contribution in [0.15, 0.2) is 47.4 Å². The van der Waals surface area contributed by atoms with E-state index in [1.54, 1.807) is 13.0 Å². The van der Waals surface area contributed by atoms with Crippen molar-refractivity contribution in [3.63, 3.8) is 0 Å². The summed E-state index contributed by atoms with van der Waals surface area (Å²) < 4.78 is 69.2. The first-order valence-corrected chi connectivity index (χ1v) is 10.3. The number of nitrogens with zero attached hydrogens (tertiary/aromatic N) is 1. The molecule has 0 aliphatic carbocycles. The second kappa shape index (κ2) is 9.35. The number of hydrogen-bond donors (Lipinski definition) is 2. The zero-order valence-electron chi connectivity index (χ0n) is 16.6. The molecule has 1 amide bonds. The lowest BCUT2D eigenvalue weighted by atomic mass is 10.2. The Hall–Kier alpha value is -2.79. The van der Waals surface area contributed by atoms with Crippen LogP contribution in [0, 0.1) is 0 Å². The molecular formula is C19H22F3N3O4S. The number of rotatable bonds is 8. The van der Waals surface area contributed by atoms with Crippen molar-refractivity contribution in [1.82, 2.24) is 4.31 Å². The normalized spacial score (nSPS) is 12.0. The largest absolute Gasteiger partial charge is 0.492 e. The zero-order chi connectivity index (χ0) is 22.5. The van der Waals surface area contributed by atoms with Crippen molar-refractivity contribution in [2.75, 3.05) is 37.9 Å². The van der Waals surface area contributed by atoms with Crippen LogP contribution >= 0.6 is 0 Å². The Morgan fingerprint density at radius 3 is 2.20 bits per heavy atom. The van der Waals surface area contributed by atoms with Gasteiger partial charge in [-0.3, -0.25) is 4.79 Å². The third-order valence-corrected chi connectivity index (χ3v) is 5.79. The Labute approximate surface area is 172 Å². The molecule has 0 bridgehead atoms. The summed E-state index contributed by atoms with van der Waals surface area (Å²) >= 11 is 0. The molecule has 0 heterocycles. The van der Waals surface area contributed by atoms with E-state index < -0.39 is 27.7 Å². The first-order valence-electron chi connectivity index (χ1n) is 8.85. The van der Waals surface area contributed by atoms with Crippen molar-refractivity contribution >= 4 is 27.3 Å². The van der Waals surface area contributed by atoms with E-state index in [1.807, 2.05) is 0 Å². The van der Waals surface area contributed by atoms with Gasteiger partial charge >= 0.3 is 6.18 Å². The quantitative estimate of drug-likeness (QED) is 0.650. The molecule has 0 aromatic heterocycles. The topological polar surface area (TPSA) is 87.7 Å². The highest BCUT2D eigenvalue weighted by molar-refractivity contribution is 7.89. The standard InChI is InChI=1S/C19H22F3N3O4S/c1-4-29-16-10-9-15(11-17(16)30(27,28)25(2)3)23-12-18(26)24-14-7-5-13(6-8-14)19(20,21)22/h5-11,23H,4,12H2,1-3H3,(H,24,26). The van der Waals surface area contributed by atoms with Gasteiger partial charge in [-0.2, -0.15) is 13.2 Å². The third kappa shape index (κ3) is 5.86. The molecule has 0 radical (unpaired) electrons. The zero-order valence-corrected chi connectivity index (χ0v) is 17.4. The number of benzene rings is 2. The molecule has 7 nitrogen and oxygen atoms in total. The Kier molecular flexibility index (Phi) is 7.32. The van der Waals surface area contributed by atoms with Crippen LogP contribution in [0.25, 0.3) is 0 Å². The number of anilines is 2. The van der Waals surface area contributed by atoms with E-state index in [-0.39, 0.29) is 29.5 Å². The summed E-state index contributed by atoms with van der Waals surface area (Å²) in [5.41, 5.74) is -0.249. The van der Waals surface area contributed by atoms with Gasteiger partial charge in [0.05, 0.1) is 18.7 Å². The van der Waals surface area contributed by atoms with Crippen molar-refractivity contribution in [2.24, 2.45) is 0 Å². The summed E-state index contributed by atoms with van der Waals surface area (Å²) in [7, 11) is -0.997. The molecule has 164 valence electrons. The van der Waals surface area contributed by atoms with Crippen molar-refractivity contribution in [3.8, 4) is 5.75 Å². The summed E-state index contributed by atoms with van der Waals surface area (Å²) in [6.07, 6.45) is -4.46. The van der Waals surface area contributed by atoms with Crippen LogP contribution in [0.2, 0.25) is 0 Å². The number of sulfonamides is 1. The van der Waals surface area contributed by atoms with Crippen LogP contribution in [-0.2, 0) is 21.0 Å². The lowest BCUT2D eigenvalue weighted by Crippen LogP contribution is -2.24. The minimum Gasteiger partial charge on any atom is -0.492 e. The molecule has 0 fully saturated rings. The van der Waals surface area contributed by atoms with E-state index in [2.05, 4.69) is 10.6 Å². The Morgan fingerprint density at radius 2 is 1.67 bits per heavy atom. The van der Waals surface area contributed by atoms with E-state index in [0.29, 0.717) is 5.69 Å². The number of nitrogens with one attached hydrogen (secondary N) is 2. The molecule has 0 spiro atoms. The van der Waals surface area contributed by atoms with Gasteiger partial charge in [0.15, 0.2) is 0 Å². The second-order valence-corrected chi connectivity index (χ2v) is 8.48. The average molecular weight is 445 g/mol. The second-order valence-electron chi connectivity index (χ2n) is 6.36. The number of carbonyl (C=O) groups is 1. The highest BCUT2D eigenvalue weighted by Crippen LogP contribution is 2.30. The minimum absolute atomic E-state index is 0.0532. The van der Waals surface area contributed by atoms with E-state index in [1.165, 1.54) is 26.2 Å². The first-order chi connectivity index (χ1) is 13.9. The Morgan fingerprint density at radius 1 is 1.07 bits per heavy atom. The predicted octanol–water partition coefficient (Wildman–Crippen LogP) is 3.41. The van der Waals surface area contributed by atoms with Gasteiger partial charge in [-0.25, -0.2) is 12.7 Å². The third-order valence-electron chi connectivity index (χ3n) is 3.95. The van der Waals surface area contributed by atoms with E-state index in [0.717, 1.165) is 28.6 Å². The predicted molar refractivity (Wildman–Crippen MR) is 107 cm³/mol. The molecule has 30 heavy (non-hydrogen) atoms. The van der Waals surface area contributed by atoms with Crippen LogP contribution in [0.3, 0.4) is 0 Å². The van der Waals surface area contributed by atoms with Gasteiger partial charge in [0.25, 0.3) is 0 Å². The van der Waals surface area contributed by atoms with Gasteiger partial charge in [-0.1, -0.05) is 0 Å². The Balaban J connectivity index is 2.09. The minimum atomic E-state index is -4.46. The maximum atomic E-state index is 12.6. The smallest absolute Gasteiger partial charge is 0.416 e. The fourth-order valence-corrected chi connectivity index (χ4v) is 3.47. The molecule has 2 N–H and O–H groups in total. The van der Waals surface area contributed by atoms with E-state index in [9.17, 15) is 26.4 Å². The molecule has 0 atom stereocenters. The lowest BCUT2D eigenvalue weighted by Gasteiger charge is -2.17. The summed E-state index contributed by atoms with van der Waals surface area (Å²) in [6, 6.07) is 8.44. The van der Waals surface area contributed by atoms with Gasteiger partial charge in [0.1, 0.15) is 10.6 Å². The highest BCUT2D eigenvalue weighted by atomic mass is 32.2. The highest BCUT2D eigenvalue weighted by Gasteiger charge is 2.30. The fourth-order valence-electron chi connectivity index (χ4n) is 2.42. The maximum absolute atomic E-state index is 12.6. The molecule has 2 aromatic carbocycles. The van der Waals surface area contributed by atoms with Crippen molar-refractivity contribution in [2.45, 2.75) is 18.0 Å². The summed E-state index contributed by atoms with van der Waals surface area (Å²) in [6.45, 7) is 1.78. The molecule has 0 saturated carbocycles. The van der Waals surface area contributed by atoms with Crippen molar-refractivity contribution < 1.29 is 31.1 Å². The van der Waals surface area contributed by atoms with Gasteiger partial charge in [-0.05, 0) is 49.4 Å². The van der Waals surface area contributed by atoms with Gasteiger partial charge in [0, 0.05) is 25.5 Å². The number of halogens is 3.